The Morgan fingerprint density at radius 2 is 0.851 bits per heavy atom. The van der Waals surface area contributed by atoms with Crippen LogP contribution in [0.25, 0.3) is 144 Å². The fourth-order valence-electron chi connectivity index (χ4n) is 11.3. The molecule has 0 bridgehead atoms. The Hall–Kier alpha value is -9.73. The molecule has 0 saturated carbocycles. The molecule has 0 N–H and O–H groups in total. The minimum absolute atomic E-state index is 0.345. The molecule has 0 aliphatic carbocycles. The number of rotatable bonds is 6. The molecule has 15 aromatic rings. The molecule has 5 heterocycles. The number of hydrogen-bond donors (Lipinski definition) is 0. The minimum Gasteiger partial charge on any atom is -0.455 e. The van der Waals surface area contributed by atoms with E-state index >= 15 is 13.2 Å². The summed E-state index contributed by atoms with van der Waals surface area (Å²) < 4.78 is 63.6. The van der Waals surface area contributed by atoms with Crippen molar-refractivity contribution in [1.82, 2.24) is 19.1 Å². The van der Waals surface area contributed by atoms with Crippen molar-refractivity contribution in [3.8, 4) is 56.4 Å². The van der Waals surface area contributed by atoms with E-state index in [2.05, 4.69) is 47.0 Å². The number of aromatic nitrogens is 4. The predicted octanol–water partition coefficient (Wildman–Crippen LogP) is 18.2. The van der Waals surface area contributed by atoms with E-state index in [1.54, 1.807) is 6.07 Å². The summed E-state index contributed by atoms with van der Waals surface area (Å²) in [5.41, 5.74) is 11.6. The quantitative estimate of drug-likeness (QED) is 0.167. The molecule has 9 heteroatoms. The number of fused-ring (bicyclic) bond motifs is 14. The number of halogens is 3. The van der Waals surface area contributed by atoms with Gasteiger partial charge in [-0.3, -0.25) is 0 Å². The molecule has 0 fully saturated rings. The lowest BCUT2D eigenvalue weighted by Gasteiger charge is -2.21. The van der Waals surface area contributed by atoms with E-state index in [1.165, 1.54) is 12.1 Å². The summed E-state index contributed by atoms with van der Waals surface area (Å²) in [5, 5.41) is 7.47. The van der Waals surface area contributed by atoms with Gasteiger partial charge >= 0.3 is 6.18 Å². The number of para-hydroxylation sites is 4. The third-order valence-electron chi connectivity index (χ3n) is 14.6. The fraction of sp³-hybridized carbons (Fsp3) is 0.0154. The first-order chi connectivity index (χ1) is 36.3. The minimum atomic E-state index is -4.66. The Balaban J connectivity index is 1.07. The molecule has 0 aliphatic rings. The van der Waals surface area contributed by atoms with E-state index in [-0.39, 0.29) is 0 Å². The number of furan rings is 2. The van der Waals surface area contributed by atoms with Gasteiger partial charge in [-0.25, -0.2) is 9.97 Å². The molecule has 15 rings (SSSR count). The Bertz CT molecular complexity index is 4720. The van der Waals surface area contributed by atoms with Crippen molar-refractivity contribution >= 4 is 87.5 Å². The zero-order valence-corrected chi connectivity index (χ0v) is 39.1. The van der Waals surface area contributed by atoms with Crippen molar-refractivity contribution in [3.05, 3.63) is 230 Å². The highest BCUT2D eigenvalue weighted by atomic mass is 19.4. The lowest BCUT2D eigenvalue weighted by Crippen LogP contribution is -2.08. The molecule has 0 aliphatic heterocycles. The van der Waals surface area contributed by atoms with Crippen molar-refractivity contribution in [2.24, 2.45) is 0 Å². The van der Waals surface area contributed by atoms with Gasteiger partial charge in [0, 0.05) is 60.1 Å². The first-order valence-corrected chi connectivity index (χ1v) is 24.4. The topological polar surface area (TPSA) is 61.9 Å². The first-order valence-electron chi connectivity index (χ1n) is 24.4. The average molecular weight is 963 g/mol. The Morgan fingerprint density at radius 1 is 0.351 bits per heavy atom. The van der Waals surface area contributed by atoms with E-state index in [9.17, 15) is 0 Å². The number of hydrogen-bond acceptors (Lipinski definition) is 4. The van der Waals surface area contributed by atoms with Gasteiger partial charge in [-0.1, -0.05) is 146 Å². The van der Waals surface area contributed by atoms with Crippen molar-refractivity contribution in [1.29, 1.82) is 0 Å². The summed E-state index contributed by atoms with van der Waals surface area (Å²) in [6.07, 6.45) is -4.66. The van der Waals surface area contributed by atoms with Crippen LogP contribution in [0, 0.1) is 0 Å². The molecule has 0 amide bonds. The molecular formula is C65H37F3N4O2. The van der Waals surface area contributed by atoms with E-state index in [1.807, 2.05) is 168 Å². The largest absolute Gasteiger partial charge is 0.455 e. The van der Waals surface area contributed by atoms with Crippen molar-refractivity contribution in [3.63, 3.8) is 0 Å². The van der Waals surface area contributed by atoms with Gasteiger partial charge in [0.15, 0.2) is 5.82 Å². The van der Waals surface area contributed by atoms with E-state index in [0.29, 0.717) is 39.4 Å². The summed E-state index contributed by atoms with van der Waals surface area (Å²) in [7, 11) is 0. The standard InChI is InChI=1S/C65H37F3N4O2/c66-65(67,68)41-28-29-42(57(36-41)72-53-24-12-8-22-48(53)61-56(72)34-31-46-44-20-10-14-26-59(44)74-63(46)61)49-35-40(51-37-50(38-15-3-1-4-16-38)69-64(70-51)39-17-5-2-6-18-39)27-32-54(49)71-52-23-11-7-21-47(52)60-55(71)33-30-45-43-19-9-13-25-58(43)73-62(45)60/h1-37H. The zero-order chi connectivity index (χ0) is 49.2. The molecule has 0 atom stereocenters. The highest BCUT2D eigenvalue weighted by Gasteiger charge is 2.33. The van der Waals surface area contributed by atoms with Crippen LogP contribution < -0.4 is 0 Å². The predicted molar refractivity (Wildman–Crippen MR) is 292 cm³/mol. The van der Waals surface area contributed by atoms with Crippen molar-refractivity contribution < 1.29 is 22.0 Å². The highest BCUT2D eigenvalue weighted by molar-refractivity contribution is 6.25. The molecule has 0 saturated heterocycles. The van der Waals surface area contributed by atoms with Crippen molar-refractivity contribution in [2.75, 3.05) is 0 Å². The lowest BCUT2D eigenvalue weighted by molar-refractivity contribution is -0.137. The SMILES string of the molecule is FC(F)(F)c1ccc(-c2cc(-c3cc(-c4ccccc4)nc(-c4ccccc4)n3)ccc2-n2c3ccccc3c3c4oc5ccccc5c4ccc32)c(-n2c3ccccc3c3c4oc5ccccc5c4ccc32)c1. The summed E-state index contributed by atoms with van der Waals surface area (Å²) in [6, 6.07) is 72.4. The molecule has 10 aromatic carbocycles. The van der Waals surface area contributed by atoms with Gasteiger partial charge in [0.25, 0.3) is 0 Å². The molecule has 0 spiro atoms. The van der Waals surface area contributed by atoms with Crippen LogP contribution in [0.1, 0.15) is 5.56 Å². The average Bonchev–Trinajstić information content (AvgIpc) is 4.21. The van der Waals surface area contributed by atoms with Gasteiger partial charge in [0.1, 0.15) is 22.3 Å². The number of alkyl halides is 3. The van der Waals surface area contributed by atoms with Gasteiger partial charge in [0.05, 0.1) is 61.2 Å². The maximum atomic E-state index is 15.3. The number of nitrogens with zero attached hydrogens (tertiary/aromatic N) is 4. The lowest BCUT2D eigenvalue weighted by atomic mass is 9.95. The second-order valence-corrected chi connectivity index (χ2v) is 18.7. The summed E-state index contributed by atoms with van der Waals surface area (Å²) in [6.45, 7) is 0. The maximum absolute atomic E-state index is 15.3. The van der Waals surface area contributed by atoms with Crippen LogP contribution in [0.2, 0.25) is 0 Å². The van der Waals surface area contributed by atoms with Crippen LogP contribution in [0.5, 0.6) is 0 Å². The van der Waals surface area contributed by atoms with Crippen molar-refractivity contribution in [2.45, 2.75) is 6.18 Å². The summed E-state index contributed by atoms with van der Waals surface area (Å²) in [4.78, 5) is 10.3. The van der Waals surface area contributed by atoms with Crippen LogP contribution in [0.15, 0.2) is 233 Å². The van der Waals surface area contributed by atoms with Gasteiger partial charge in [-0.05, 0) is 78.9 Å². The molecule has 350 valence electrons. The van der Waals surface area contributed by atoms with Gasteiger partial charge in [0.2, 0.25) is 0 Å². The van der Waals surface area contributed by atoms with E-state index < -0.39 is 11.7 Å². The van der Waals surface area contributed by atoms with E-state index in [4.69, 9.17) is 18.8 Å². The fourth-order valence-corrected chi connectivity index (χ4v) is 11.3. The van der Waals surface area contributed by atoms with Crippen LogP contribution >= 0.6 is 0 Å². The smallest absolute Gasteiger partial charge is 0.416 e. The summed E-state index contributed by atoms with van der Waals surface area (Å²) >= 11 is 0. The van der Waals surface area contributed by atoms with Crippen LogP contribution in [-0.4, -0.2) is 19.1 Å². The normalized spacial score (nSPS) is 12.3. The Kier molecular flexibility index (Phi) is 9.02. The molecular weight excluding hydrogens is 926 g/mol. The van der Waals surface area contributed by atoms with E-state index in [0.717, 1.165) is 104 Å². The first kappa shape index (κ1) is 42.0. The third-order valence-corrected chi connectivity index (χ3v) is 14.6. The number of benzene rings is 10. The van der Waals surface area contributed by atoms with Crippen LogP contribution in [0.3, 0.4) is 0 Å². The van der Waals surface area contributed by atoms with Gasteiger partial charge < -0.3 is 18.0 Å². The molecule has 0 radical (unpaired) electrons. The van der Waals surface area contributed by atoms with Gasteiger partial charge in [-0.2, -0.15) is 13.2 Å². The Labute approximate surface area is 419 Å². The maximum Gasteiger partial charge on any atom is 0.416 e. The molecule has 5 aromatic heterocycles. The monoisotopic (exact) mass is 962 g/mol. The molecule has 0 unspecified atom stereocenters. The van der Waals surface area contributed by atoms with Gasteiger partial charge in [-0.15, -0.1) is 0 Å². The summed E-state index contributed by atoms with van der Waals surface area (Å²) in [5.74, 6) is 0.544. The van der Waals surface area contributed by atoms with Crippen LogP contribution in [0.4, 0.5) is 13.2 Å². The second-order valence-electron chi connectivity index (χ2n) is 18.7. The molecule has 6 nitrogen and oxygen atoms in total. The zero-order valence-electron chi connectivity index (χ0n) is 39.1. The molecule has 74 heavy (non-hydrogen) atoms. The highest BCUT2D eigenvalue weighted by Crippen LogP contribution is 2.47. The Morgan fingerprint density at radius 3 is 1.43 bits per heavy atom. The van der Waals surface area contributed by atoms with Crippen LogP contribution in [-0.2, 0) is 6.18 Å². The third kappa shape index (κ3) is 6.32. The second kappa shape index (κ2) is 15.9.